The normalized spacial score (nSPS) is 11.4. The van der Waals surface area contributed by atoms with Gasteiger partial charge in [-0.25, -0.2) is 9.18 Å². The van der Waals surface area contributed by atoms with E-state index in [1.165, 1.54) is 24.3 Å². The van der Waals surface area contributed by atoms with Gasteiger partial charge < -0.3 is 10.4 Å². The maximum absolute atomic E-state index is 12.7. The topological polar surface area (TPSA) is 66.4 Å². The highest BCUT2D eigenvalue weighted by Crippen LogP contribution is 2.05. The summed E-state index contributed by atoms with van der Waals surface area (Å²) in [5.74, 6) is 0.536. The maximum atomic E-state index is 12.7. The van der Waals surface area contributed by atoms with E-state index < -0.39 is 17.9 Å². The average molecular weight is 277 g/mol. The second kappa shape index (κ2) is 7.95. The number of hydrogen-bond acceptors (Lipinski definition) is 2. The second-order valence-corrected chi connectivity index (χ2v) is 4.36. The van der Waals surface area contributed by atoms with Crippen molar-refractivity contribution in [3.8, 4) is 12.3 Å². The molecule has 0 heterocycles. The van der Waals surface area contributed by atoms with Crippen molar-refractivity contribution in [1.29, 1.82) is 0 Å². The maximum Gasteiger partial charge on any atom is 0.326 e. The van der Waals surface area contributed by atoms with Gasteiger partial charge in [0.2, 0.25) is 5.91 Å². The Kier molecular flexibility index (Phi) is 6.24. The number of carboxylic acids is 1. The van der Waals surface area contributed by atoms with Crippen molar-refractivity contribution < 1.29 is 19.1 Å². The van der Waals surface area contributed by atoms with E-state index in [-0.39, 0.29) is 18.7 Å². The quantitative estimate of drug-likeness (QED) is 0.589. The Morgan fingerprint density at radius 2 is 2.00 bits per heavy atom. The third-order valence-electron chi connectivity index (χ3n) is 2.73. The van der Waals surface area contributed by atoms with Gasteiger partial charge in [0, 0.05) is 6.42 Å². The number of unbranched alkanes of at least 4 members (excludes halogenated alkanes) is 1. The lowest BCUT2D eigenvalue weighted by Crippen LogP contribution is -2.41. The predicted octanol–water partition coefficient (Wildman–Crippen LogP) is 1.74. The number of carbonyl (C=O) groups is 2. The minimum atomic E-state index is -1.09. The summed E-state index contributed by atoms with van der Waals surface area (Å²) in [6.45, 7) is 0. The smallest absolute Gasteiger partial charge is 0.326 e. The fourth-order valence-electron chi connectivity index (χ4n) is 1.70. The Morgan fingerprint density at radius 1 is 1.35 bits per heavy atom. The molecule has 0 saturated heterocycles. The molecule has 0 aromatic heterocycles. The van der Waals surface area contributed by atoms with Crippen LogP contribution in [0, 0.1) is 18.2 Å². The van der Waals surface area contributed by atoms with E-state index in [0.717, 1.165) is 0 Å². The summed E-state index contributed by atoms with van der Waals surface area (Å²) in [4.78, 5) is 22.7. The van der Waals surface area contributed by atoms with Gasteiger partial charge in [0.15, 0.2) is 0 Å². The van der Waals surface area contributed by atoms with Crippen molar-refractivity contribution in [3.63, 3.8) is 0 Å². The molecule has 0 aliphatic rings. The van der Waals surface area contributed by atoms with Crippen molar-refractivity contribution in [1.82, 2.24) is 5.32 Å². The molecule has 1 amide bonds. The van der Waals surface area contributed by atoms with Crippen LogP contribution in [-0.4, -0.2) is 23.0 Å². The van der Waals surface area contributed by atoms with Gasteiger partial charge in [-0.15, -0.1) is 12.3 Å². The molecular weight excluding hydrogens is 261 g/mol. The summed E-state index contributed by atoms with van der Waals surface area (Å²) in [5, 5.41) is 11.4. The first-order valence-corrected chi connectivity index (χ1v) is 6.23. The molecule has 1 aromatic rings. The summed E-state index contributed by atoms with van der Waals surface area (Å²) in [6, 6.07) is 4.54. The molecule has 0 spiro atoms. The van der Waals surface area contributed by atoms with Crippen molar-refractivity contribution in [2.75, 3.05) is 0 Å². The van der Waals surface area contributed by atoms with E-state index in [0.29, 0.717) is 18.4 Å². The molecule has 106 valence electrons. The largest absolute Gasteiger partial charge is 0.480 e. The lowest BCUT2D eigenvalue weighted by molar-refractivity contribution is -0.141. The summed E-state index contributed by atoms with van der Waals surface area (Å²) >= 11 is 0. The molecule has 0 aliphatic carbocycles. The van der Waals surface area contributed by atoms with Crippen LogP contribution in [0.1, 0.15) is 24.8 Å². The minimum absolute atomic E-state index is 0.0131. The van der Waals surface area contributed by atoms with Gasteiger partial charge >= 0.3 is 5.97 Å². The Balaban J connectivity index is 2.51. The van der Waals surface area contributed by atoms with Crippen LogP contribution in [0.3, 0.4) is 0 Å². The molecule has 0 unspecified atom stereocenters. The third-order valence-corrected chi connectivity index (χ3v) is 2.73. The van der Waals surface area contributed by atoms with E-state index in [9.17, 15) is 14.0 Å². The van der Waals surface area contributed by atoms with Crippen LogP contribution in [0.15, 0.2) is 24.3 Å². The van der Waals surface area contributed by atoms with Gasteiger partial charge in [-0.3, -0.25) is 4.79 Å². The molecular formula is C15H16FNO3. The van der Waals surface area contributed by atoms with Crippen LogP contribution in [0.25, 0.3) is 0 Å². The number of benzene rings is 1. The van der Waals surface area contributed by atoms with E-state index in [1.807, 2.05) is 0 Å². The Bertz CT molecular complexity index is 505. The van der Waals surface area contributed by atoms with Gasteiger partial charge in [0.05, 0.1) is 6.42 Å². The zero-order chi connectivity index (χ0) is 15.0. The number of nitrogens with one attached hydrogen (secondary N) is 1. The van der Waals surface area contributed by atoms with Gasteiger partial charge in [0.1, 0.15) is 11.9 Å². The number of carboxylic acid groups (broad SMARTS) is 1. The Morgan fingerprint density at radius 3 is 2.55 bits per heavy atom. The molecule has 1 atom stereocenters. The number of aliphatic carboxylic acids is 1. The number of carbonyl (C=O) groups excluding carboxylic acids is 1. The van der Waals surface area contributed by atoms with Gasteiger partial charge in [-0.1, -0.05) is 12.1 Å². The van der Waals surface area contributed by atoms with Crippen LogP contribution in [0.4, 0.5) is 4.39 Å². The van der Waals surface area contributed by atoms with Gasteiger partial charge in [-0.05, 0) is 30.5 Å². The second-order valence-electron chi connectivity index (χ2n) is 4.36. The van der Waals surface area contributed by atoms with E-state index >= 15 is 0 Å². The molecule has 1 aromatic carbocycles. The highest BCUT2D eigenvalue weighted by molar-refractivity contribution is 5.84. The standard InChI is InChI=1S/C15H16FNO3/c1-2-3-4-5-13(15(19)20)17-14(18)10-11-6-8-12(16)9-7-11/h1,6-9,13H,3-5,10H2,(H,17,18)(H,19,20)/t13-/m0/s1. The fourth-order valence-corrected chi connectivity index (χ4v) is 1.70. The molecule has 0 saturated carbocycles. The molecule has 0 bridgehead atoms. The van der Waals surface area contributed by atoms with Crippen molar-refractivity contribution in [3.05, 3.63) is 35.6 Å². The zero-order valence-electron chi connectivity index (χ0n) is 10.9. The third kappa shape index (κ3) is 5.53. The van der Waals surface area contributed by atoms with Crippen LogP contribution >= 0.6 is 0 Å². The molecule has 20 heavy (non-hydrogen) atoms. The van der Waals surface area contributed by atoms with E-state index in [4.69, 9.17) is 11.5 Å². The number of halogens is 1. The number of terminal acetylenes is 1. The zero-order valence-corrected chi connectivity index (χ0v) is 10.9. The first-order valence-electron chi connectivity index (χ1n) is 6.23. The van der Waals surface area contributed by atoms with Gasteiger partial charge in [0.25, 0.3) is 0 Å². The van der Waals surface area contributed by atoms with E-state index in [1.54, 1.807) is 0 Å². The first kappa shape index (κ1) is 15.7. The summed E-state index contributed by atoms with van der Waals surface area (Å²) in [5.41, 5.74) is 0.622. The first-order chi connectivity index (χ1) is 9.52. The molecule has 2 N–H and O–H groups in total. The van der Waals surface area contributed by atoms with Crippen molar-refractivity contribution in [2.24, 2.45) is 0 Å². The Hall–Kier alpha value is -2.35. The molecule has 0 radical (unpaired) electrons. The highest BCUT2D eigenvalue weighted by Gasteiger charge is 2.19. The fraction of sp³-hybridized carbons (Fsp3) is 0.333. The van der Waals surface area contributed by atoms with Crippen LogP contribution in [0.2, 0.25) is 0 Å². The highest BCUT2D eigenvalue weighted by atomic mass is 19.1. The monoisotopic (exact) mass is 277 g/mol. The summed E-state index contributed by atoms with van der Waals surface area (Å²) in [7, 11) is 0. The lowest BCUT2D eigenvalue weighted by atomic mass is 10.1. The molecule has 4 nitrogen and oxygen atoms in total. The van der Waals surface area contributed by atoms with Crippen molar-refractivity contribution in [2.45, 2.75) is 31.7 Å². The molecule has 0 aliphatic heterocycles. The summed E-state index contributed by atoms with van der Waals surface area (Å²) < 4.78 is 12.7. The minimum Gasteiger partial charge on any atom is -0.480 e. The molecule has 5 heteroatoms. The molecule has 0 fully saturated rings. The van der Waals surface area contributed by atoms with Crippen LogP contribution in [-0.2, 0) is 16.0 Å². The lowest BCUT2D eigenvalue weighted by Gasteiger charge is -2.13. The average Bonchev–Trinajstić information content (AvgIpc) is 2.40. The van der Waals surface area contributed by atoms with Gasteiger partial charge in [-0.2, -0.15) is 0 Å². The van der Waals surface area contributed by atoms with E-state index in [2.05, 4.69) is 11.2 Å². The van der Waals surface area contributed by atoms with Crippen molar-refractivity contribution >= 4 is 11.9 Å². The number of amides is 1. The Labute approximate surface area is 117 Å². The number of rotatable bonds is 7. The predicted molar refractivity (Wildman–Crippen MR) is 72.4 cm³/mol. The van der Waals surface area contributed by atoms with Crippen LogP contribution in [0.5, 0.6) is 0 Å². The number of hydrogen-bond donors (Lipinski definition) is 2. The summed E-state index contributed by atoms with van der Waals surface area (Å²) in [6.07, 6.45) is 6.39. The molecule has 1 rings (SSSR count). The SMILES string of the molecule is C#CCCC[C@H](NC(=O)Cc1ccc(F)cc1)C(=O)O. The van der Waals surface area contributed by atoms with Crippen LogP contribution < -0.4 is 5.32 Å².